The normalized spacial score (nSPS) is 10.7. The van der Waals surface area contributed by atoms with Crippen LogP contribution < -0.4 is 10.5 Å². The lowest BCUT2D eigenvalue weighted by molar-refractivity contribution is -0.385. The second kappa shape index (κ2) is 7.73. The van der Waals surface area contributed by atoms with Crippen molar-refractivity contribution in [2.45, 2.75) is 27.3 Å². The van der Waals surface area contributed by atoms with Crippen LogP contribution in [0.4, 0.5) is 16.5 Å². The smallest absolute Gasteiger partial charge is 0.285 e. The van der Waals surface area contributed by atoms with Crippen LogP contribution in [0.25, 0.3) is 0 Å². The highest BCUT2D eigenvalue weighted by molar-refractivity contribution is 7.14. The number of benzene rings is 1. The number of amides is 1. The van der Waals surface area contributed by atoms with Gasteiger partial charge in [0.25, 0.3) is 11.2 Å². The standard InChI is InChI=1S/C19H18N4O4S/c1-12-4-6-17(13(2)8-12)22(14(3)24)19-20-15(11-28-19)9-21-10-16(23(26)27)5-7-18(21)25/h4-8,10-11H,9H2,1-3H3. The fourth-order valence-corrected chi connectivity index (χ4v) is 3.73. The Morgan fingerprint density at radius 1 is 1.29 bits per heavy atom. The Hall–Kier alpha value is -3.33. The summed E-state index contributed by atoms with van der Waals surface area (Å²) < 4.78 is 1.23. The molecule has 28 heavy (non-hydrogen) atoms. The van der Waals surface area contributed by atoms with Crippen LogP contribution in [0.3, 0.4) is 0 Å². The zero-order chi connectivity index (χ0) is 20.4. The van der Waals surface area contributed by atoms with Gasteiger partial charge in [-0.25, -0.2) is 4.98 Å². The molecule has 0 N–H and O–H groups in total. The predicted octanol–water partition coefficient (Wildman–Crippen LogP) is 3.56. The summed E-state index contributed by atoms with van der Waals surface area (Å²) in [5, 5.41) is 13.1. The Morgan fingerprint density at radius 3 is 2.68 bits per heavy atom. The molecule has 2 heterocycles. The number of thiazole rings is 1. The third-order valence-electron chi connectivity index (χ3n) is 4.15. The lowest BCUT2D eigenvalue weighted by Crippen LogP contribution is -2.24. The molecule has 0 atom stereocenters. The SMILES string of the molecule is CC(=O)N(c1nc(Cn2cc([N+](=O)[O-])ccc2=O)cs1)c1ccc(C)cc1C. The molecule has 144 valence electrons. The van der Waals surface area contributed by atoms with Crippen molar-refractivity contribution in [1.82, 2.24) is 9.55 Å². The molecule has 0 spiro atoms. The summed E-state index contributed by atoms with van der Waals surface area (Å²) in [6, 6.07) is 8.11. The monoisotopic (exact) mass is 398 g/mol. The summed E-state index contributed by atoms with van der Waals surface area (Å²) in [5.74, 6) is -0.180. The van der Waals surface area contributed by atoms with Crippen LogP contribution in [0, 0.1) is 24.0 Å². The molecular weight excluding hydrogens is 380 g/mol. The highest BCUT2D eigenvalue weighted by atomic mass is 32.1. The molecule has 0 unspecified atom stereocenters. The summed E-state index contributed by atoms with van der Waals surface area (Å²) in [5.41, 5.74) is 2.79. The number of pyridine rings is 1. The van der Waals surface area contributed by atoms with Crippen molar-refractivity contribution in [2.24, 2.45) is 0 Å². The van der Waals surface area contributed by atoms with Crippen molar-refractivity contribution in [1.29, 1.82) is 0 Å². The number of carbonyl (C=O) groups excluding carboxylic acids is 1. The van der Waals surface area contributed by atoms with Crippen LogP contribution in [0.5, 0.6) is 0 Å². The molecular formula is C19H18N4O4S. The average molecular weight is 398 g/mol. The van der Waals surface area contributed by atoms with Gasteiger partial charge < -0.3 is 4.57 Å². The highest BCUT2D eigenvalue weighted by Crippen LogP contribution is 2.31. The van der Waals surface area contributed by atoms with Crippen molar-refractivity contribution in [3.63, 3.8) is 0 Å². The molecule has 0 aliphatic carbocycles. The Labute approximate surface area is 164 Å². The Kier molecular flexibility index (Phi) is 5.36. The minimum absolute atomic E-state index is 0.0790. The van der Waals surface area contributed by atoms with Gasteiger partial charge in [0.15, 0.2) is 5.13 Å². The predicted molar refractivity (Wildman–Crippen MR) is 107 cm³/mol. The molecule has 0 bridgehead atoms. The van der Waals surface area contributed by atoms with Crippen molar-refractivity contribution in [3.05, 3.63) is 79.2 Å². The maximum Gasteiger partial charge on any atom is 0.285 e. The van der Waals surface area contributed by atoms with Crippen molar-refractivity contribution in [2.75, 3.05) is 4.90 Å². The highest BCUT2D eigenvalue weighted by Gasteiger charge is 2.20. The van der Waals surface area contributed by atoms with Crippen LogP contribution in [0.1, 0.15) is 23.7 Å². The first-order valence-electron chi connectivity index (χ1n) is 8.43. The van der Waals surface area contributed by atoms with Gasteiger partial charge in [0.2, 0.25) is 5.91 Å². The Bertz CT molecular complexity index is 1120. The number of anilines is 2. The van der Waals surface area contributed by atoms with Gasteiger partial charge in [-0.2, -0.15) is 0 Å². The summed E-state index contributed by atoms with van der Waals surface area (Å²) in [6.07, 6.45) is 1.19. The van der Waals surface area contributed by atoms with Crippen LogP contribution in [0.2, 0.25) is 0 Å². The maximum atomic E-state index is 12.3. The number of nitrogens with zero attached hydrogens (tertiary/aromatic N) is 4. The molecule has 9 heteroatoms. The number of hydrogen-bond donors (Lipinski definition) is 0. The fraction of sp³-hybridized carbons (Fsp3) is 0.211. The van der Waals surface area contributed by atoms with E-state index in [4.69, 9.17) is 0 Å². The van der Waals surface area contributed by atoms with Crippen molar-refractivity contribution >= 4 is 33.8 Å². The first kappa shape index (κ1) is 19.4. The van der Waals surface area contributed by atoms with Gasteiger partial charge in [0, 0.05) is 24.4 Å². The van der Waals surface area contributed by atoms with Gasteiger partial charge in [0.05, 0.1) is 29.0 Å². The minimum atomic E-state index is -0.555. The number of aromatic nitrogens is 2. The molecule has 3 rings (SSSR count). The third kappa shape index (κ3) is 3.99. The second-order valence-corrected chi connectivity index (χ2v) is 7.21. The fourth-order valence-electron chi connectivity index (χ4n) is 2.86. The van der Waals surface area contributed by atoms with Gasteiger partial charge in [0.1, 0.15) is 0 Å². The van der Waals surface area contributed by atoms with Gasteiger partial charge >= 0.3 is 0 Å². The molecule has 1 amide bonds. The minimum Gasteiger partial charge on any atom is -0.303 e. The van der Waals surface area contributed by atoms with Gasteiger partial charge in [-0.3, -0.25) is 24.6 Å². The Balaban J connectivity index is 1.94. The molecule has 0 fully saturated rings. The lowest BCUT2D eigenvalue weighted by Gasteiger charge is -2.20. The quantitative estimate of drug-likeness (QED) is 0.483. The maximum absolute atomic E-state index is 12.3. The van der Waals surface area contributed by atoms with E-state index in [1.807, 2.05) is 32.0 Å². The molecule has 2 aromatic heterocycles. The molecule has 0 aliphatic rings. The van der Waals surface area contributed by atoms with Crippen LogP contribution in [0.15, 0.2) is 46.7 Å². The van der Waals surface area contributed by atoms with E-state index < -0.39 is 4.92 Å². The van der Waals surface area contributed by atoms with E-state index in [2.05, 4.69) is 4.98 Å². The summed E-state index contributed by atoms with van der Waals surface area (Å²) >= 11 is 1.27. The molecule has 0 aliphatic heterocycles. The number of rotatable bonds is 5. The molecule has 0 saturated heterocycles. The molecule has 8 nitrogen and oxygen atoms in total. The molecule has 3 aromatic rings. The van der Waals surface area contributed by atoms with Crippen molar-refractivity contribution < 1.29 is 9.72 Å². The van der Waals surface area contributed by atoms with E-state index in [-0.39, 0.29) is 23.7 Å². The summed E-state index contributed by atoms with van der Waals surface area (Å²) in [7, 11) is 0. The molecule has 1 aromatic carbocycles. The molecule has 0 radical (unpaired) electrons. The number of carbonyl (C=O) groups is 1. The molecule has 0 saturated carbocycles. The Morgan fingerprint density at radius 2 is 2.04 bits per heavy atom. The average Bonchev–Trinajstić information content (AvgIpc) is 3.06. The first-order valence-corrected chi connectivity index (χ1v) is 9.31. The first-order chi connectivity index (χ1) is 13.3. The van der Waals surface area contributed by atoms with E-state index in [1.165, 1.54) is 40.0 Å². The summed E-state index contributed by atoms with van der Waals surface area (Å²) in [6.45, 7) is 5.45. The van der Waals surface area contributed by atoms with E-state index in [0.29, 0.717) is 10.8 Å². The summed E-state index contributed by atoms with van der Waals surface area (Å²) in [4.78, 5) is 40.7. The third-order valence-corrected chi connectivity index (χ3v) is 5.02. The number of hydrogen-bond acceptors (Lipinski definition) is 6. The second-order valence-electron chi connectivity index (χ2n) is 6.38. The number of aryl methyl sites for hydroxylation is 2. The van der Waals surface area contributed by atoms with Crippen molar-refractivity contribution in [3.8, 4) is 0 Å². The van der Waals surface area contributed by atoms with Crippen LogP contribution >= 0.6 is 11.3 Å². The van der Waals surface area contributed by atoms with Gasteiger partial charge in [-0.1, -0.05) is 17.7 Å². The van der Waals surface area contributed by atoms with E-state index >= 15 is 0 Å². The van der Waals surface area contributed by atoms with Crippen LogP contribution in [-0.2, 0) is 11.3 Å². The van der Waals surface area contributed by atoms with E-state index in [9.17, 15) is 19.7 Å². The van der Waals surface area contributed by atoms with Gasteiger partial charge in [-0.15, -0.1) is 11.3 Å². The van der Waals surface area contributed by atoms with Gasteiger partial charge in [-0.05, 0) is 25.5 Å². The van der Waals surface area contributed by atoms with E-state index in [0.717, 1.165) is 22.9 Å². The number of nitro groups is 1. The topological polar surface area (TPSA) is 98.3 Å². The lowest BCUT2D eigenvalue weighted by atomic mass is 10.1. The zero-order valence-corrected chi connectivity index (χ0v) is 16.4. The largest absolute Gasteiger partial charge is 0.303 e. The van der Waals surface area contributed by atoms with Crippen LogP contribution in [-0.4, -0.2) is 20.4 Å². The zero-order valence-electron chi connectivity index (χ0n) is 15.6. The van der Waals surface area contributed by atoms with E-state index in [1.54, 1.807) is 5.38 Å².